The summed E-state index contributed by atoms with van der Waals surface area (Å²) in [5.41, 5.74) is 10.2. The summed E-state index contributed by atoms with van der Waals surface area (Å²) in [6.45, 7) is 10.1. The lowest BCUT2D eigenvalue weighted by Crippen LogP contribution is -2.38. The number of primary amides is 1. The summed E-state index contributed by atoms with van der Waals surface area (Å²) < 4.78 is 57.9. The highest BCUT2D eigenvalue weighted by atomic mass is 32.2. The molecule has 0 radical (unpaired) electrons. The van der Waals surface area contributed by atoms with Gasteiger partial charge >= 0.3 is 12.1 Å². The van der Waals surface area contributed by atoms with Crippen LogP contribution in [0.1, 0.15) is 67.3 Å². The van der Waals surface area contributed by atoms with Gasteiger partial charge in [-0.2, -0.15) is 13.2 Å². The summed E-state index contributed by atoms with van der Waals surface area (Å²) in [5.74, 6) is -2.30. The molecule has 1 fully saturated rings. The number of thiophene rings is 1. The van der Waals surface area contributed by atoms with Crippen LogP contribution >= 0.6 is 11.3 Å². The van der Waals surface area contributed by atoms with E-state index in [0.717, 1.165) is 47.0 Å². The van der Waals surface area contributed by atoms with Crippen molar-refractivity contribution in [3.8, 4) is 11.1 Å². The molecule has 0 spiro atoms. The molecule has 0 bridgehead atoms. The minimum absolute atomic E-state index is 0.130. The maximum atomic E-state index is 12.3. The van der Waals surface area contributed by atoms with E-state index in [4.69, 9.17) is 15.6 Å². The number of alkyl halides is 3. The van der Waals surface area contributed by atoms with E-state index in [9.17, 15) is 26.4 Å². The first-order valence-corrected chi connectivity index (χ1v) is 16.1. The second-order valence-corrected chi connectivity index (χ2v) is 13.9. The molecule has 1 atom stereocenters. The highest BCUT2D eigenvalue weighted by Gasteiger charge is 2.38. The van der Waals surface area contributed by atoms with Crippen molar-refractivity contribution >= 4 is 44.1 Å². The second kappa shape index (κ2) is 13.6. The number of benzene rings is 1. The van der Waals surface area contributed by atoms with Crippen LogP contribution in [0.25, 0.3) is 22.0 Å². The number of sulfonamides is 1. The average molecular weight is 631 g/mol. The lowest BCUT2D eigenvalue weighted by molar-refractivity contribution is -0.192. The number of amides is 1. The maximum Gasteiger partial charge on any atom is 0.490 e. The summed E-state index contributed by atoms with van der Waals surface area (Å²) in [6.07, 6.45) is -1.61. The summed E-state index contributed by atoms with van der Waals surface area (Å²) >= 11 is 1.71. The standard InChI is InChI=1S/C26H36N4O3S2.C2HF3O2/c1-5-35(32,33)30-8-6-18(7-9-30)24-14-29-25-22(24)11-19(12-23(25)26(27)31)20-10-21(34-15-20)13-28-17(4)16(2)3;3-2(4,5)1(6)7/h10-12,14-18,28-29H,5-9,13H2,1-4H3,(H2,27,31);(H,6,7)/t17-;/m0./s1. The molecule has 9 nitrogen and oxygen atoms in total. The molecule has 3 aromatic rings. The molecule has 1 saturated heterocycles. The van der Waals surface area contributed by atoms with Gasteiger partial charge in [0, 0.05) is 42.1 Å². The minimum Gasteiger partial charge on any atom is -0.475 e. The number of H-pyrrole nitrogens is 1. The Hall–Kier alpha value is -2.94. The number of piperidine rings is 1. The fourth-order valence-corrected chi connectivity index (χ4v) is 6.68. The van der Waals surface area contributed by atoms with Gasteiger partial charge < -0.3 is 21.1 Å². The van der Waals surface area contributed by atoms with Crippen LogP contribution in [0.2, 0.25) is 0 Å². The monoisotopic (exact) mass is 630 g/mol. The predicted molar refractivity (Wildman–Crippen MR) is 158 cm³/mol. The Morgan fingerprint density at radius 1 is 1.17 bits per heavy atom. The van der Waals surface area contributed by atoms with Gasteiger partial charge in [-0.25, -0.2) is 17.5 Å². The topological polar surface area (TPSA) is 146 Å². The van der Waals surface area contributed by atoms with E-state index in [1.165, 1.54) is 4.88 Å². The quantitative estimate of drug-likeness (QED) is 0.253. The molecule has 4 rings (SSSR count). The molecule has 1 aromatic carbocycles. The largest absolute Gasteiger partial charge is 0.490 e. The van der Waals surface area contributed by atoms with Gasteiger partial charge in [-0.1, -0.05) is 13.8 Å². The van der Waals surface area contributed by atoms with E-state index < -0.39 is 28.1 Å². The number of nitrogens with two attached hydrogens (primary N) is 1. The molecule has 14 heteroatoms. The smallest absolute Gasteiger partial charge is 0.475 e. The zero-order valence-corrected chi connectivity index (χ0v) is 25.5. The normalized spacial score (nSPS) is 15.9. The van der Waals surface area contributed by atoms with Gasteiger partial charge in [-0.15, -0.1) is 11.3 Å². The van der Waals surface area contributed by atoms with E-state index >= 15 is 0 Å². The zero-order valence-electron chi connectivity index (χ0n) is 23.9. The van der Waals surface area contributed by atoms with Crippen LogP contribution < -0.4 is 11.1 Å². The summed E-state index contributed by atoms with van der Waals surface area (Å²) in [4.78, 5) is 25.8. The van der Waals surface area contributed by atoms with Gasteiger partial charge in [0.15, 0.2) is 0 Å². The SMILES string of the molecule is CCS(=O)(=O)N1CCC(c2c[nH]c3c(C(N)=O)cc(-c4csc(CN[C@@H](C)C(C)C)c4)cc23)CC1.O=C(O)C(F)(F)F. The number of nitrogens with zero attached hydrogens (tertiary/aromatic N) is 1. The first-order valence-electron chi connectivity index (χ1n) is 13.6. The summed E-state index contributed by atoms with van der Waals surface area (Å²) in [7, 11) is -3.17. The molecule has 1 amide bonds. The number of carboxylic acids is 1. The lowest BCUT2D eigenvalue weighted by atomic mass is 9.88. The van der Waals surface area contributed by atoms with Crippen molar-refractivity contribution in [2.24, 2.45) is 11.7 Å². The molecule has 1 aliphatic rings. The maximum absolute atomic E-state index is 12.3. The summed E-state index contributed by atoms with van der Waals surface area (Å²) in [5, 5.41) is 13.8. The van der Waals surface area contributed by atoms with E-state index in [1.807, 2.05) is 12.3 Å². The van der Waals surface area contributed by atoms with Gasteiger partial charge in [0.25, 0.3) is 5.91 Å². The number of aliphatic carboxylic acids is 1. The molecule has 2 aromatic heterocycles. The van der Waals surface area contributed by atoms with Crippen molar-refractivity contribution in [3.05, 3.63) is 45.8 Å². The zero-order chi connectivity index (χ0) is 31.4. The van der Waals surface area contributed by atoms with Crippen LogP contribution in [0, 0.1) is 5.92 Å². The van der Waals surface area contributed by atoms with Crippen molar-refractivity contribution in [3.63, 3.8) is 0 Å². The Morgan fingerprint density at radius 3 is 2.31 bits per heavy atom. The van der Waals surface area contributed by atoms with Crippen LogP contribution in [0.15, 0.2) is 29.8 Å². The molecule has 0 saturated carbocycles. The van der Waals surface area contributed by atoms with Crippen LogP contribution in [0.5, 0.6) is 0 Å². The highest BCUT2D eigenvalue weighted by Crippen LogP contribution is 2.38. The third kappa shape index (κ3) is 8.12. The van der Waals surface area contributed by atoms with E-state index in [0.29, 0.717) is 30.6 Å². The fourth-order valence-electron chi connectivity index (χ4n) is 4.70. The van der Waals surface area contributed by atoms with E-state index in [2.05, 4.69) is 48.6 Å². The molecule has 3 heterocycles. The molecule has 42 heavy (non-hydrogen) atoms. The number of fused-ring (bicyclic) bond motifs is 1. The Morgan fingerprint density at radius 2 is 1.79 bits per heavy atom. The van der Waals surface area contributed by atoms with Crippen molar-refractivity contribution in [1.82, 2.24) is 14.6 Å². The first kappa shape index (κ1) is 33.6. The number of carbonyl (C=O) groups is 2. The number of halogens is 3. The Balaban J connectivity index is 0.000000616. The van der Waals surface area contributed by atoms with Crippen LogP contribution in [0.3, 0.4) is 0 Å². The molecule has 0 unspecified atom stereocenters. The molecular weight excluding hydrogens is 593 g/mol. The average Bonchev–Trinajstić information content (AvgIpc) is 3.58. The third-order valence-corrected chi connectivity index (χ3v) is 10.4. The molecule has 0 aliphatic carbocycles. The van der Waals surface area contributed by atoms with Gasteiger partial charge in [0.1, 0.15) is 0 Å². The predicted octanol–water partition coefficient (Wildman–Crippen LogP) is 5.29. The number of aromatic nitrogens is 1. The van der Waals surface area contributed by atoms with Crippen molar-refractivity contribution in [2.75, 3.05) is 18.8 Å². The highest BCUT2D eigenvalue weighted by molar-refractivity contribution is 7.89. The first-order chi connectivity index (χ1) is 19.5. The lowest BCUT2D eigenvalue weighted by Gasteiger charge is -2.31. The fraction of sp³-hybridized carbons (Fsp3) is 0.500. The minimum atomic E-state index is -5.08. The third-order valence-electron chi connectivity index (χ3n) is 7.57. The Kier molecular flexibility index (Phi) is 10.8. The molecule has 1 aliphatic heterocycles. The summed E-state index contributed by atoms with van der Waals surface area (Å²) in [6, 6.07) is 6.62. The van der Waals surface area contributed by atoms with Crippen molar-refractivity contribution in [1.29, 1.82) is 0 Å². The van der Waals surface area contributed by atoms with Gasteiger partial charge in [0.05, 0.1) is 16.8 Å². The number of nitrogens with one attached hydrogen (secondary N) is 2. The number of carbonyl (C=O) groups excluding carboxylic acids is 1. The van der Waals surface area contributed by atoms with Crippen LogP contribution in [0.4, 0.5) is 13.2 Å². The Labute approximate surface area is 247 Å². The molecular formula is C28H37F3N4O5S2. The molecule has 5 N–H and O–H groups in total. The van der Waals surface area contributed by atoms with Crippen LogP contribution in [-0.4, -0.2) is 65.8 Å². The van der Waals surface area contributed by atoms with Crippen LogP contribution in [-0.2, 0) is 21.4 Å². The molecule has 232 valence electrons. The van der Waals surface area contributed by atoms with E-state index in [1.54, 1.807) is 22.6 Å². The van der Waals surface area contributed by atoms with E-state index in [-0.39, 0.29) is 11.7 Å². The number of aromatic amines is 1. The van der Waals surface area contributed by atoms with Gasteiger partial charge in [-0.05, 0) is 78.8 Å². The Bertz CT molecular complexity index is 1510. The number of hydrogen-bond donors (Lipinski definition) is 4. The van der Waals surface area contributed by atoms with Gasteiger partial charge in [-0.3, -0.25) is 4.79 Å². The number of rotatable bonds is 9. The number of hydrogen-bond acceptors (Lipinski definition) is 6. The van der Waals surface area contributed by atoms with Crippen molar-refractivity contribution < 1.29 is 36.3 Å². The second-order valence-electron chi connectivity index (χ2n) is 10.6. The van der Waals surface area contributed by atoms with Gasteiger partial charge in [0.2, 0.25) is 10.0 Å². The number of carboxylic acid groups (broad SMARTS) is 1. The van der Waals surface area contributed by atoms with Crippen molar-refractivity contribution in [2.45, 2.75) is 65.2 Å².